The van der Waals surface area contributed by atoms with Crippen molar-refractivity contribution in [1.29, 1.82) is 0 Å². The minimum Gasteiger partial charge on any atom is -0.743 e. The van der Waals surface area contributed by atoms with Gasteiger partial charge in [0, 0.05) is 22.7 Å². The summed E-state index contributed by atoms with van der Waals surface area (Å²) in [6.07, 6.45) is -10.7. The van der Waals surface area contributed by atoms with Crippen molar-refractivity contribution in [3.8, 4) is 0 Å². The van der Waals surface area contributed by atoms with Gasteiger partial charge in [0.2, 0.25) is 0 Å². The molecule has 0 amide bonds. The third kappa shape index (κ3) is 7.59. The molecule has 2 aromatic carbocycles. The number of carbonyl (C=O) groups excluding carboxylic acids is 1. The molecule has 2 aromatic rings. The molecule has 1 aliphatic heterocycles. The molecular weight excluding hydrogens is 672 g/mol. The van der Waals surface area contributed by atoms with Crippen LogP contribution < -0.4 is 0 Å². The lowest BCUT2D eigenvalue weighted by Gasteiger charge is -2.55. The number of halogens is 8. The van der Waals surface area contributed by atoms with E-state index < -0.39 is 51.8 Å². The van der Waals surface area contributed by atoms with E-state index in [1.165, 1.54) is 15.7 Å². The molecule has 7 rings (SSSR count). The minimum atomic E-state index is -6.67. The van der Waals surface area contributed by atoms with Crippen molar-refractivity contribution >= 4 is 37.8 Å². The topological polar surface area (TPSA) is 92.7 Å². The normalized spacial score (nSPS) is 30.2. The number of hydrogen-bond acceptors (Lipinski definition) is 6. The molecule has 3 atom stereocenters. The molecule has 0 N–H and O–H groups in total. The maximum Gasteiger partial charge on any atom is 0.432 e. The standard InChI is InChI=1S/C16H16F3OS.C14H17F5O5S/c17-16(18,19)11-20-13-8-9-21(10-13)15-7-3-5-12-4-1-2-6-14(12)15;15-13(16,17)10(14(18,19)25(21,22)23)24-11(20)12-4-7-1-8(5-12)3-9(2-7)6-12/h1-7,13H,8-11H2;7-10H,1-6H2,(H,21,22,23)/q+1;/p-1. The van der Waals surface area contributed by atoms with E-state index in [2.05, 4.69) is 29.0 Å². The molecule has 1 heterocycles. The molecule has 46 heavy (non-hydrogen) atoms. The fourth-order valence-corrected chi connectivity index (χ4v) is 10.7. The molecule has 1 saturated heterocycles. The monoisotopic (exact) mass is 704 g/mol. The van der Waals surface area contributed by atoms with Crippen molar-refractivity contribution in [2.24, 2.45) is 23.2 Å². The number of ether oxygens (including phenoxy) is 2. The Labute approximate surface area is 263 Å². The highest BCUT2D eigenvalue weighted by Crippen LogP contribution is 2.60. The Morgan fingerprint density at radius 2 is 1.48 bits per heavy atom. The molecule has 4 bridgehead atoms. The van der Waals surface area contributed by atoms with Gasteiger partial charge in [-0.05, 0) is 73.8 Å². The van der Waals surface area contributed by atoms with Crippen LogP contribution in [-0.2, 0) is 35.3 Å². The van der Waals surface area contributed by atoms with Crippen LogP contribution in [0, 0.1) is 23.2 Å². The molecule has 5 aliphatic rings. The summed E-state index contributed by atoms with van der Waals surface area (Å²) >= 11 is 0. The Morgan fingerprint density at radius 1 is 0.913 bits per heavy atom. The van der Waals surface area contributed by atoms with E-state index >= 15 is 0 Å². The quantitative estimate of drug-likeness (QED) is 0.134. The summed E-state index contributed by atoms with van der Waals surface area (Å²) in [7, 11) is -6.68. The summed E-state index contributed by atoms with van der Waals surface area (Å²) < 4.78 is 143. The van der Waals surface area contributed by atoms with Gasteiger partial charge < -0.3 is 14.0 Å². The molecule has 3 unspecified atom stereocenters. The average molecular weight is 705 g/mol. The number of esters is 1. The van der Waals surface area contributed by atoms with E-state index in [9.17, 15) is 52.9 Å². The first-order chi connectivity index (χ1) is 21.3. The van der Waals surface area contributed by atoms with Crippen molar-refractivity contribution in [2.45, 2.75) is 79.7 Å². The van der Waals surface area contributed by atoms with Crippen LogP contribution in [0.5, 0.6) is 0 Å². The number of hydrogen-bond donors (Lipinski definition) is 0. The van der Waals surface area contributed by atoms with Crippen molar-refractivity contribution in [2.75, 3.05) is 18.1 Å². The lowest BCUT2D eigenvalue weighted by Crippen LogP contribution is -2.56. The maximum absolute atomic E-state index is 13.5. The summed E-state index contributed by atoms with van der Waals surface area (Å²) in [5.74, 6) is 0.531. The number of carbonyl (C=O) groups is 1. The molecule has 16 heteroatoms. The Balaban J connectivity index is 0.000000184. The van der Waals surface area contributed by atoms with Gasteiger partial charge in [-0.3, -0.25) is 4.79 Å². The van der Waals surface area contributed by atoms with Gasteiger partial charge in [0.05, 0.1) is 5.41 Å². The van der Waals surface area contributed by atoms with Crippen LogP contribution in [0.25, 0.3) is 10.8 Å². The molecule has 0 spiro atoms. The van der Waals surface area contributed by atoms with E-state index in [0.717, 1.165) is 25.0 Å². The Hall–Kier alpha value is -2.17. The lowest BCUT2D eigenvalue weighted by molar-refractivity contribution is -0.266. The first-order valence-corrected chi connectivity index (χ1v) is 17.7. The highest BCUT2D eigenvalue weighted by Gasteiger charge is 2.65. The van der Waals surface area contributed by atoms with Gasteiger partial charge in [0.25, 0.3) is 6.10 Å². The summed E-state index contributed by atoms with van der Waals surface area (Å²) in [4.78, 5) is 13.6. The molecule has 256 valence electrons. The zero-order chi connectivity index (χ0) is 33.7. The molecule has 5 fully saturated rings. The molecule has 4 aliphatic carbocycles. The zero-order valence-corrected chi connectivity index (χ0v) is 25.9. The van der Waals surface area contributed by atoms with Gasteiger partial charge >= 0.3 is 23.6 Å². The third-order valence-electron chi connectivity index (χ3n) is 9.25. The average Bonchev–Trinajstić information content (AvgIpc) is 3.41. The van der Waals surface area contributed by atoms with E-state index in [-0.39, 0.29) is 54.0 Å². The highest BCUT2D eigenvalue weighted by molar-refractivity contribution is 7.97. The van der Waals surface area contributed by atoms with E-state index in [1.807, 2.05) is 18.2 Å². The van der Waals surface area contributed by atoms with E-state index in [1.54, 1.807) is 0 Å². The van der Waals surface area contributed by atoms with Crippen molar-refractivity contribution in [1.82, 2.24) is 0 Å². The second kappa shape index (κ2) is 12.7. The van der Waals surface area contributed by atoms with Crippen molar-refractivity contribution in [3.05, 3.63) is 42.5 Å². The number of alkyl halides is 8. The number of fused-ring (bicyclic) bond motifs is 1. The lowest BCUT2D eigenvalue weighted by atomic mass is 9.49. The van der Waals surface area contributed by atoms with Gasteiger partial charge in [0.1, 0.15) is 24.2 Å². The van der Waals surface area contributed by atoms with Gasteiger partial charge in [-0.2, -0.15) is 35.1 Å². The van der Waals surface area contributed by atoms with Crippen LogP contribution in [0.3, 0.4) is 0 Å². The van der Waals surface area contributed by atoms with Crippen LogP contribution in [0.15, 0.2) is 47.4 Å². The summed E-state index contributed by atoms with van der Waals surface area (Å²) in [6.45, 7) is -1.13. The molecule has 6 nitrogen and oxygen atoms in total. The molecular formula is C30H32F8O6S2. The minimum absolute atomic E-state index is 0.0159. The van der Waals surface area contributed by atoms with Crippen LogP contribution in [0.1, 0.15) is 44.9 Å². The second-order valence-electron chi connectivity index (χ2n) is 12.7. The smallest absolute Gasteiger partial charge is 0.432 e. The largest absolute Gasteiger partial charge is 0.743 e. The van der Waals surface area contributed by atoms with E-state index in [4.69, 9.17) is 4.74 Å². The first kappa shape index (κ1) is 35.1. The van der Waals surface area contributed by atoms with Gasteiger partial charge in [-0.1, -0.05) is 30.3 Å². The maximum atomic E-state index is 13.5. The fraction of sp³-hybridized carbons (Fsp3) is 0.633. The SMILES string of the molecule is FC(F)(F)COC1CC[S+](c2cccc3ccccc23)C1.O=C(OC(C(F)(F)F)C(F)(F)S(=O)(=O)[O-])C12CC3CC(CC(C3)C1)C2. The predicted molar refractivity (Wildman–Crippen MR) is 151 cm³/mol. The highest BCUT2D eigenvalue weighted by atomic mass is 32.2. The fourth-order valence-electron chi connectivity index (χ4n) is 7.71. The van der Waals surface area contributed by atoms with E-state index in [0.29, 0.717) is 12.2 Å². The third-order valence-corrected chi connectivity index (χ3v) is 12.6. The van der Waals surface area contributed by atoms with Crippen LogP contribution in [0.4, 0.5) is 35.1 Å². The molecule has 4 saturated carbocycles. The van der Waals surface area contributed by atoms with Crippen LogP contribution in [0.2, 0.25) is 0 Å². The zero-order valence-electron chi connectivity index (χ0n) is 24.3. The van der Waals surface area contributed by atoms with Crippen molar-refractivity contribution < 1.29 is 62.4 Å². The van der Waals surface area contributed by atoms with Gasteiger partial charge in [-0.25, -0.2) is 8.42 Å². The van der Waals surface area contributed by atoms with Gasteiger partial charge in [-0.15, -0.1) is 0 Å². The number of benzene rings is 2. The Morgan fingerprint density at radius 3 is 2.02 bits per heavy atom. The Bertz CT molecular complexity index is 1490. The van der Waals surface area contributed by atoms with Crippen LogP contribution >= 0.6 is 0 Å². The predicted octanol–water partition coefficient (Wildman–Crippen LogP) is 6.98. The second-order valence-corrected chi connectivity index (χ2v) is 16.3. The number of rotatable bonds is 7. The molecule has 0 aromatic heterocycles. The first-order valence-electron chi connectivity index (χ1n) is 14.7. The molecule has 0 radical (unpaired) electrons. The van der Waals surface area contributed by atoms with Crippen molar-refractivity contribution in [3.63, 3.8) is 0 Å². The van der Waals surface area contributed by atoms with Crippen LogP contribution in [-0.4, -0.2) is 66.9 Å². The summed E-state index contributed by atoms with van der Waals surface area (Å²) in [5, 5.41) is -3.40. The summed E-state index contributed by atoms with van der Waals surface area (Å²) in [5.41, 5.74) is -1.29. The summed E-state index contributed by atoms with van der Waals surface area (Å²) in [6, 6.07) is 14.3. The Kier molecular flexibility index (Phi) is 9.70. The van der Waals surface area contributed by atoms with Gasteiger partial charge in [0.15, 0.2) is 15.0 Å².